The van der Waals surface area contributed by atoms with Crippen LogP contribution in [0.5, 0.6) is 5.75 Å². The molecule has 0 bridgehead atoms. The first-order valence-electron chi connectivity index (χ1n) is 6.73. The maximum Gasteiger partial charge on any atom is 0.573 e. The van der Waals surface area contributed by atoms with Gasteiger partial charge in [0, 0.05) is 18.7 Å². The van der Waals surface area contributed by atoms with Crippen LogP contribution in [0.2, 0.25) is 0 Å². The van der Waals surface area contributed by atoms with Crippen molar-refractivity contribution in [3.05, 3.63) is 65.7 Å². The quantitative estimate of drug-likeness (QED) is 0.859. The number of benzene rings is 2. The molecule has 22 heavy (non-hydrogen) atoms. The summed E-state index contributed by atoms with van der Waals surface area (Å²) in [5.41, 5.74) is 1.12. The molecule has 118 valence electrons. The Labute approximate surface area is 126 Å². The van der Waals surface area contributed by atoms with E-state index in [1.807, 2.05) is 18.2 Å². The summed E-state index contributed by atoms with van der Waals surface area (Å²) in [6.07, 6.45) is -5.45. The van der Waals surface area contributed by atoms with E-state index in [1.54, 1.807) is 24.3 Å². The number of nitrogens with one attached hydrogen (secondary N) is 1. The van der Waals surface area contributed by atoms with Crippen molar-refractivity contribution < 1.29 is 23.0 Å². The van der Waals surface area contributed by atoms with E-state index in [0.29, 0.717) is 5.56 Å². The monoisotopic (exact) mass is 311 g/mol. The van der Waals surface area contributed by atoms with Gasteiger partial charge in [-0.3, -0.25) is 0 Å². The van der Waals surface area contributed by atoms with Gasteiger partial charge in [-0.25, -0.2) is 0 Å². The molecule has 0 radical (unpaired) electrons. The second kappa shape index (κ2) is 7.29. The Balaban J connectivity index is 1.92. The Morgan fingerprint density at radius 3 is 2.32 bits per heavy atom. The van der Waals surface area contributed by atoms with Gasteiger partial charge in [0.25, 0.3) is 0 Å². The largest absolute Gasteiger partial charge is 0.573 e. The molecular weight excluding hydrogens is 295 g/mol. The first kappa shape index (κ1) is 16.3. The molecule has 0 saturated carbocycles. The van der Waals surface area contributed by atoms with Gasteiger partial charge in [0.05, 0.1) is 6.10 Å². The lowest BCUT2D eigenvalue weighted by Gasteiger charge is -2.15. The molecule has 2 rings (SSSR count). The van der Waals surface area contributed by atoms with E-state index >= 15 is 0 Å². The molecule has 2 aromatic carbocycles. The smallest absolute Gasteiger partial charge is 0.405 e. The van der Waals surface area contributed by atoms with Crippen LogP contribution in [0, 0.1) is 0 Å². The molecule has 0 aliphatic heterocycles. The molecule has 6 heteroatoms. The fourth-order valence-electron chi connectivity index (χ4n) is 2.01. The molecule has 0 heterocycles. The summed E-state index contributed by atoms with van der Waals surface area (Å²) < 4.78 is 40.9. The predicted molar refractivity (Wildman–Crippen MR) is 76.2 cm³/mol. The zero-order valence-electron chi connectivity index (χ0n) is 11.7. The third-order valence-electron chi connectivity index (χ3n) is 3.04. The zero-order valence-corrected chi connectivity index (χ0v) is 11.7. The van der Waals surface area contributed by atoms with Gasteiger partial charge in [-0.2, -0.15) is 0 Å². The fourth-order valence-corrected chi connectivity index (χ4v) is 2.01. The summed E-state index contributed by atoms with van der Waals surface area (Å²) in [5, 5.41) is 12.9. The molecule has 1 atom stereocenters. The highest BCUT2D eigenvalue weighted by Crippen LogP contribution is 2.26. The van der Waals surface area contributed by atoms with Crippen LogP contribution in [0.4, 0.5) is 13.2 Å². The topological polar surface area (TPSA) is 41.5 Å². The normalized spacial score (nSPS) is 12.9. The standard InChI is InChI=1S/C16H16F3NO2/c17-16(18,19)22-15-9-5-4-8-13(15)10-20-11-14(21)12-6-2-1-3-7-12/h1-9,14,20-21H,10-11H2. The van der Waals surface area contributed by atoms with Gasteiger partial charge in [0.1, 0.15) is 5.75 Å². The minimum absolute atomic E-state index is 0.163. The zero-order chi connectivity index (χ0) is 16.0. The van der Waals surface area contributed by atoms with Gasteiger partial charge in [0.15, 0.2) is 0 Å². The number of halogens is 3. The summed E-state index contributed by atoms with van der Waals surface area (Å²) in [7, 11) is 0. The van der Waals surface area contributed by atoms with Crippen LogP contribution in [-0.2, 0) is 6.54 Å². The molecule has 2 N–H and O–H groups in total. The van der Waals surface area contributed by atoms with Gasteiger partial charge in [-0.1, -0.05) is 48.5 Å². The summed E-state index contributed by atoms with van der Waals surface area (Å²) >= 11 is 0. The number of hydrogen-bond donors (Lipinski definition) is 2. The van der Waals surface area contributed by atoms with Gasteiger partial charge < -0.3 is 15.2 Å². The second-order valence-electron chi connectivity index (χ2n) is 4.71. The number of rotatable bonds is 6. The Kier molecular flexibility index (Phi) is 5.41. The second-order valence-corrected chi connectivity index (χ2v) is 4.71. The number of ether oxygens (including phenoxy) is 1. The molecule has 0 fully saturated rings. The van der Waals surface area contributed by atoms with E-state index in [-0.39, 0.29) is 18.8 Å². The van der Waals surface area contributed by atoms with Gasteiger partial charge in [-0.05, 0) is 11.6 Å². The summed E-state index contributed by atoms with van der Waals surface area (Å²) in [6, 6.07) is 14.9. The summed E-state index contributed by atoms with van der Waals surface area (Å²) in [6.45, 7) is 0.389. The first-order valence-corrected chi connectivity index (χ1v) is 6.73. The lowest BCUT2D eigenvalue weighted by molar-refractivity contribution is -0.274. The summed E-state index contributed by atoms with van der Waals surface area (Å²) in [5.74, 6) is -0.239. The van der Waals surface area contributed by atoms with Crippen molar-refractivity contribution in [2.75, 3.05) is 6.54 Å². The van der Waals surface area contributed by atoms with Crippen LogP contribution >= 0.6 is 0 Å². The van der Waals surface area contributed by atoms with Crippen molar-refractivity contribution in [2.24, 2.45) is 0 Å². The molecule has 0 aliphatic rings. The molecule has 3 nitrogen and oxygen atoms in total. The van der Waals surface area contributed by atoms with E-state index in [2.05, 4.69) is 10.1 Å². The van der Waals surface area contributed by atoms with Crippen LogP contribution < -0.4 is 10.1 Å². The number of para-hydroxylation sites is 1. The molecule has 0 aromatic heterocycles. The third-order valence-corrected chi connectivity index (χ3v) is 3.04. The average molecular weight is 311 g/mol. The number of aliphatic hydroxyl groups is 1. The van der Waals surface area contributed by atoms with Gasteiger partial charge in [0.2, 0.25) is 0 Å². The van der Waals surface area contributed by atoms with Crippen LogP contribution in [0.3, 0.4) is 0 Å². The Morgan fingerprint density at radius 1 is 1.00 bits per heavy atom. The van der Waals surface area contributed by atoms with Crippen molar-refractivity contribution in [3.8, 4) is 5.75 Å². The van der Waals surface area contributed by atoms with Crippen molar-refractivity contribution >= 4 is 0 Å². The molecule has 2 aromatic rings. The van der Waals surface area contributed by atoms with Crippen molar-refractivity contribution in [2.45, 2.75) is 19.0 Å². The van der Waals surface area contributed by atoms with Crippen LogP contribution in [0.1, 0.15) is 17.2 Å². The first-order chi connectivity index (χ1) is 10.5. The molecule has 1 unspecified atom stereocenters. The minimum atomic E-state index is -4.72. The highest BCUT2D eigenvalue weighted by atomic mass is 19.4. The Morgan fingerprint density at radius 2 is 1.64 bits per heavy atom. The van der Waals surface area contributed by atoms with E-state index in [0.717, 1.165) is 5.56 Å². The predicted octanol–water partition coefficient (Wildman–Crippen LogP) is 3.41. The number of aliphatic hydroxyl groups excluding tert-OH is 1. The highest BCUT2D eigenvalue weighted by molar-refractivity contribution is 5.33. The summed E-state index contributed by atoms with van der Waals surface area (Å²) in [4.78, 5) is 0. The number of alkyl halides is 3. The number of hydrogen-bond acceptors (Lipinski definition) is 3. The third kappa shape index (κ3) is 5.05. The SMILES string of the molecule is OC(CNCc1ccccc1OC(F)(F)F)c1ccccc1. The maximum absolute atomic E-state index is 12.3. The maximum atomic E-state index is 12.3. The lowest BCUT2D eigenvalue weighted by Crippen LogP contribution is -2.23. The average Bonchev–Trinajstić information content (AvgIpc) is 2.48. The van der Waals surface area contributed by atoms with Gasteiger partial charge >= 0.3 is 6.36 Å². The van der Waals surface area contributed by atoms with Crippen LogP contribution in [0.25, 0.3) is 0 Å². The molecule has 0 amide bonds. The fraction of sp³-hybridized carbons (Fsp3) is 0.250. The molecule has 0 aliphatic carbocycles. The van der Waals surface area contributed by atoms with Crippen molar-refractivity contribution in [3.63, 3.8) is 0 Å². The molecular formula is C16H16F3NO2. The molecule has 0 saturated heterocycles. The molecule has 0 spiro atoms. The Hall–Kier alpha value is -2.05. The lowest BCUT2D eigenvalue weighted by atomic mass is 10.1. The minimum Gasteiger partial charge on any atom is -0.405 e. The highest BCUT2D eigenvalue weighted by Gasteiger charge is 2.31. The van der Waals surface area contributed by atoms with Crippen molar-refractivity contribution in [1.82, 2.24) is 5.32 Å². The van der Waals surface area contributed by atoms with Crippen molar-refractivity contribution in [1.29, 1.82) is 0 Å². The van der Waals surface area contributed by atoms with Crippen LogP contribution in [0.15, 0.2) is 54.6 Å². The van der Waals surface area contributed by atoms with Gasteiger partial charge in [-0.15, -0.1) is 13.2 Å². The Bertz CT molecular complexity index is 587. The van der Waals surface area contributed by atoms with E-state index in [4.69, 9.17) is 0 Å². The van der Waals surface area contributed by atoms with E-state index < -0.39 is 12.5 Å². The van der Waals surface area contributed by atoms with E-state index in [9.17, 15) is 18.3 Å². The van der Waals surface area contributed by atoms with E-state index in [1.165, 1.54) is 12.1 Å². The van der Waals surface area contributed by atoms with Crippen LogP contribution in [-0.4, -0.2) is 18.0 Å².